The van der Waals surface area contributed by atoms with Crippen LogP contribution in [0.25, 0.3) is 0 Å². The minimum absolute atomic E-state index is 0.250. The first-order valence-corrected chi connectivity index (χ1v) is 9.66. The van der Waals surface area contributed by atoms with E-state index < -0.39 is 0 Å². The molecule has 1 aromatic heterocycles. The van der Waals surface area contributed by atoms with Gasteiger partial charge in [0.25, 0.3) is 0 Å². The van der Waals surface area contributed by atoms with Crippen molar-refractivity contribution in [1.29, 1.82) is 0 Å². The molecular weight excluding hydrogens is 316 g/mol. The van der Waals surface area contributed by atoms with Crippen molar-refractivity contribution >= 4 is 5.96 Å². The Bertz CT molecular complexity index is 508. The van der Waals surface area contributed by atoms with Crippen LogP contribution in [-0.2, 0) is 4.74 Å². The molecule has 1 saturated heterocycles. The van der Waals surface area contributed by atoms with Gasteiger partial charge >= 0.3 is 0 Å². The number of furan rings is 1. The van der Waals surface area contributed by atoms with E-state index in [0.717, 1.165) is 57.0 Å². The maximum atomic E-state index is 5.69. The third-order valence-corrected chi connectivity index (χ3v) is 4.98. The first-order chi connectivity index (χ1) is 12.4. The molecule has 0 aromatic carbocycles. The number of likely N-dealkylation sites (tertiary alicyclic amines) is 1. The Morgan fingerprint density at radius 2 is 2.16 bits per heavy atom. The first-order valence-electron chi connectivity index (χ1n) is 9.66. The Labute approximate surface area is 151 Å². The minimum atomic E-state index is 0.250. The smallest absolute Gasteiger partial charge is 0.191 e. The Kier molecular flexibility index (Phi) is 7.18. The van der Waals surface area contributed by atoms with Crippen LogP contribution in [0.15, 0.2) is 27.8 Å². The van der Waals surface area contributed by atoms with Crippen molar-refractivity contribution in [2.24, 2.45) is 10.9 Å². The van der Waals surface area contributed by atoms with Gasteiger partial charge in [0.05, 0.1) is 18.9 Å². The topological polar surface area (TPSA) is 62.0 Å². The van der Waals surface area contributed by atoms with E-state index in [-0.39, 0.29) is 6.04 Å². The summed E-state index contributed by atoms with van der Waals surface area (Å²) in [6, 6.07) is 4.29. The van der Waals surface area contributed by atoms with Gasteiger partial charge in [-0.15, -0.1) is 0 Å². The zero-order chi connectivity index (χ0) is 17.3. The summed E-state index contributed by atoms with van der Waals surface area (Å²) in [5.74, 6) is 2.66. The highest BCUT2D eigenvalue weighted by Crippen LogP contribution is 2.28. The summed E-state index contributed by atoms with van der Waals surface area (Å²) in [4.78, 5) is 6.84. The van der Waals surface area contributed by atoms with Crippen molar-refractivity contribution in [2.45, 2.75) is 38.1 Å². The number of rotatable bonds is 9. The van der Waals surface area contributed by atoms with Crippen molar-refractivity contribution in [3.63, 3.8) is 0 Å². The molecule has 3 rings (SSSR count). The second-order valence-electron chi connectivity index (χ2n) is 7.03. The Hall–Kier alpha value is -1.53. The number of guanidine groups is 1. The van der Waals surface area contributed by atoms with Gasteiger partial charge in [0, 0.05) is 26.7 Å². The zero-order valence-corrected chi connectivity index (χ0v) is 15.4. The molecule has 1 unspecified atom stereocenters. The molecule has 2 heterocycles. The van der Waals surface area contributed by atoms with Gasteiger partial charge < -0.3 is 19.8 Å². The second kappa shape index (κ2) is 9.82. The SMILES string of the molecule is CN=C(NCCOCC1CC1)NCC(c1ccco1)N1CCCCC1. The molecule has 6 heteroatoms. The molecule has 2 aliphatic rings. The van der Waals surface area contributed by atoms with Gasteiger partial charge in [-0.3, -0.25) is 9.89 Å². The number of nitrogens with zero attached hydrogens (tertiary/aromatic N) is 2. The molecule has 1 atom stereocenters. The fraction of sp³-hybridized carbons (Fsp3) is 0.737. The highest BCUT2D eigenvalue weighted by molar-refractivity contribution is 5.79. The molecule has 1 aliphatic carbocycles. The Balaban J connectivity index is 1.43. The maximum Gasteiger partial charge on any atom is 0.191 e. The predicted molar refractivity (Wildman–Crippen MR) is 99.8 cm³/mol. The average molecular weight is 348 g/mol. The molecular formula is C19H32N4O2. The molecule has 0 bridgehead atoms. The summed E-state index contributed by atoms with van der Waals surface area (Å²) in [6.07, 6.45) is 8.29. The summed E-state index contributed by atoms with van der Waals surface area (Å²) in [5.41, 5.74) is 0. The van der Waals surface area contributed by atoms with E-state index >= 15 is 0 Å². The number of aliphatic imine (C=N–C) groups is 1. The summed E-state index contributed by atoms with van der Waals surface area (Å²) >= 11 is 0. The van der Waals surface area contributed by atoms with E-state index in [2.05, 4.69) is 26.6 Å². The van der Waals surface area contributed by atoms with Gasteiger partial charge in [0.15, 0.2) is 5.96 Å². The van der Waals surface area contributed by atoms with Crippen LogP contribution >= 0.6 is 0 Å². The van der Waals surface area contributed by atoms with Gasteiger partial charge in [-0.1, -0.05) is 6.42 Å². The fourth-order valence-corrected chi connectivity index (χ4v) is 3.31. The number of hydrogen-bond donors (Lipinski definition) is 2. The second-order valence-corrected chi connectivity index (χ2v) is 7.03. The van der Waals surface area contributed by atoms with Gasteiger partial charge in [-0.25, -0.2) is 0 Å². The summed E-state index contributed by atoms with van der Waals surface area (Å²) in [7, 11) is 1.81. The number of nitrogens with one attached hydrogen (secondary N) is 2. The van der Waals surface area contributed by atoms with Crippen molar-refractivity contribution in [2.75, 3.05) is 46.4 Å². The van der Waals surface area contributed by atoms with Gasteiger partial charge in [-0.05, 0) is 56.8 Å². The molecule has 0 spiro atoms. The Morgan fingerprint density at radius 3 is 2.84 bits per heavy atom. The third kappa shape index (κ3) is 6.04. The molecule has 1 aromatic rings. The van der Waals surface area contributed by atoms with Crippen LogP contribution in [-0.4, -0.2) is 57.3 Å². The molecule has 140 valence electrons. The summed E-state index contributed by atoms with van der Waals surface area (Å²) in [6.45, 7) is 5.47. The lowest BCUT2D eigenvalue weighted by Gasteiger charge is -2.33. The number of piperidine rings is 1. The van der Waals surface area contributed by atoms with Crippen LogP contribution in [0.2, 0.25) is 0 Å². The van der Waals surface area contributed by atoms with E-state index in [4.69, 9.17) is 9.15 Å². The summed E-state index contributed by atoms with van der Waals surface area (Å²) < 4.78 is 11.4. The van der Waals surface area contributed by atoms with Crippen molar-refractivity contribution in [1.82, 2.24) is 15.5 Å². The first kappa shape index (κ1) is 18.3. The van der Waals surface area contributed by atoms with E-state index in [1.54, 1.807) is 6.26 Å². The monoisotopic (exact) mass is 348 g/mol. The summed E-state index contributed by atoms with van der Waals surface area (Å²) in [5, 5.41) is 6.78. The molecule has 25 heavy (non-hydrogen) atoms. The van der Waals surface area contributed by atoms with Crippen LogP contribution in [0.4, 0.5) is 0 Å². The van der Waals surface area contributed by atoms with E-state index in [1.165, 1.54) is 32.1 Å². The lowest BCUT2D eigenvalue weighted by Crippen LogP contribution is -2.45. The standard InChI is InChI=1S/C19H32N4O2/c1-20-19(21-9-13-24-15-16-7-8-16)22-14-17(18-6-5-12-25-18)23-10-3-2-4-11-23/h5-6,12,16-17H,2-4,7-11,13-15H2,1H3,(H2,20,21,22). The number of ether oxygens (including phenoxy) is 1. The minimum Gasteiger partial charge on any atom is -0.468 e. The van der Waals surface area contributed by atoms with E-state index in [0.29, 0.717) is 0 Å². The molecule has 1 aliphatic heterocycles. The van der Waals surface area contributed by atoms with Crippen LogP contribution in [0, 0.1) is 5.92 Å². The largest absolute Gasteiger partial charge is 0.468 e. The third-order valence-electron chi connectivity index (χ3n) is 4.98. The predicted octanol–water partition coefficient (Wildman–Crippen LogP) is 2.40. The molecule has 6 nitrogen and oxygen atoms in total. The molecule has 1 saturated carbocycles. The quantitative estimate of drug-likeness (QED) is 0.408. The fourth-order valence-electron chi connectivity index (χ4n) is 3.31. The molecule has 0 radical (unpaired) electrons. The van der Waals surface area contributed by atoms with E-state index in [1.807, 2.05) is 13.1 Å². The number of hydrogen-bond acceptors (Lipinski definition) is 4. The molecule has 0 amide bonds. The average Bonchev–Trinajstić information content (AvgIpc) is 3.32. The molecule has 2 fully saturated rings. The Morgan fingerprint density at radius 1 is 1.32 bits per heavy atom. The zero-order valence-electron chi connectivity index (χ0n) is 15.4. The lowest BCUT2D eigenvalue weighted by atomic mass is 10.1. The van der Waals surface area contributed by atoms with Crippen molar-refractivity contribution in [3.8, 4) is 0 Å². The van der Waals surface area contributed by atoms with Gasteiger partial charge in [0.1, 0.15) is 5.76 Å². The molecule has 2 N–H and O–H groups in total. The van der Waals surface area contributed by atoms with Gasteiger partial charge in [0.2, 0.25) is 0 Å². The normalized spacial score (nSPS) is 20.4. The highest BCUT2D eigenvalue weighted by atomic mass is 16.5. The maximum absolute atomic E-state index is 5.69. The highest BCUT2D eigenvalue weighted by Gasteiger charge is 2.24. The van der Waals surface area contributed by atoms with Crippen molar-refractivity contribution in [3.05, 3.63) is 24.2 Å². The van der Waals surface area contributed by atoms with Crippen LogP contribution < -0.4 is 10.6 Å². The van der Waals surface area contributed by atoms with E-state index in [9.17, 15) is 0 Å². The van der Waals surface area contributed by atoms with Crippen LogP contribution in [0.1, 0.15) is 43.9 Å². The van der Waals surface area contributed by atoms with Crippen molar-refractivity contribution < 1.29 is 9.15 Å². The van der Waals surface area contributed by atoms with Crippen LogP contribution in [0.3, 0.4) is 0 Å². The van der Waals surface area contributed by atoms with Gasteiger partial charge in [-0.2, -0.15) is 0 Å². The lowest BCUT2D eigenvalue weighted by molar-refractivity contribution is 0.128. The van der Waals surface area contributed by atoms with Crippen LogP contribution in [0.5, 0.6) is 0 Å².